The van der Waals surface area contributed by atoms with Gasteiger partial charge in [-0.05, 0) is 44.4 Å². The first-order valence-electron chi connectivity index (χ1n) is 8.92. The molecule has 2 aromatic heterocycles. The van der Waals surface area contributed by atoms with Crippen molar-refractivity contribution in [1.29, 1.82) is 0 Å². The van der Waals surface area contributed by atoms with Crippen molar-refractivity contribution in [2.75, 3.05) is 23.3 Å². The van der Waals surface area contributed by atoms with Crippen LogP contribution in [0.15, 0.2) is 29.0 Å². The van der Waals surface area contributed by atoms with E-state index in [2.05, 4.69) is 25.3 Å². The van der Waals surface area contributed by atoms with E-state index in [1.54, 1.807) is 6.07 Å². The second-order valence-corrected chi connectivity index (χ2v) is 7.29. The fourth-order valence-corrected chi connectivity index (χ4v) is 3.62. The Bertz CT molecular complexity index is 1000. The summed E-state index contributed by atoms with van der Waals surface area (Å²) in [6.07, 6.45) is 3.21. The Balaban J connectivity index is 1.53. The molecule has 8 heteroatoms. The van der Waals surface area contributed by atoms with Crippen LogP contribution in [-0.4, -0.2) is 34.1 Å². The van der Waals surface area contributed by atoms with Gasteiger partial charge in [-0.2, -0.15) is 4.98 Å². The van der Waals surface area contributed by atoms with Crippen LogP contribution in [0.1, 0.15) is 24.1 Å². The van der Waals surface area contributed by atoms with Crippen molar-refractivity contribution >= 4 is 40.1 Å². The maximum Gasteiger partial charge on any atom is 0.263 e. The first-order chi connectivity index (χ1) is 13.0. The summed E-state index contributed by atoms with van der Waals surface area (Å²) in [6.45, 7) is 5.22. The van der Waals surface area contributed by atoms with Gasteiger partial charge in [-0.25, -0.2) is 4.98 Å². The highest BCUT2D eigenvalue weighted by molar-refractivity contribution is 6.31. The number of benzene rings is 1. The van der Waals surface area contributed by atoms with Gasteiger partial charge in [0.15, 0.2) is 0 Å². The van der Waals surface area contributed by atoms with Gasteiger partial charge >= 0.3 is 0 Å². The fourth-order valence-electron chi connectivity index (χ4n) is 3.44. The predicted molar refractivity (Wildman–Crippen MR) is 104 cm³/mol. The lowest BCUT2D eigenvalue weighted by atomic mass is 9.96. The Morgan fingerprint density at radius 3 is 3.00 bits per heavy atom. The lowest BCUT2D eigenvalue weighted by molar-refractivity contribution is -0.120. The molecule has 1 amide bonds. The molecule has 140 valence electrons. The number of hydrogen-bond acceptors (Lipinski definition) is 6. The third kappa shape index (κ3) is 3.47. The van der Waals surface area contributed by atoms with E-state index in [0.29, 0.717) is 23.0 Å². The number of fused-ring (bicyclic) bond motifs is 1. The van der Waals surface area contributed by atoms with Gasteiger partial charge in [0.05, 0.1) is 11.6 Å². The van der Waals surface area contributed by atoms with Crippen LogP contribution in [0.2, 0.25) is 5.02 Å². The molecule has 0 spiro atoms. The number of carbonyl (C=O) groups excluding carboxylic acids is 1. The third-order valence-corrected chi connectivity index (χ3v) is 5.36. The molecule has 1 fully saturated rings. The van der Waals surface area contributed by atoms with E-state index in [-0.39, 0.29) is 11.8 Å². The van der Waals surface area contributed by atoms with E-state index < -0.39 is 0 Å². The van der Waals surface area contributed by atoms with Crippen LogP contribution in [0.3, 0.4) is 0 Å². The van der Waals surface area contributed by atoms with Crippen LogP contribution in [0, 0.1) is 19.8 Å². The number of carbonyl (C=O) groups is 1. The Morgan fingerprint density at radius 2 is 2.19 bits per heavy atom. The van der Waals surface area contributed by atoms with Crippen molar-refractivity contribution in [2.45, 2.75) is 26.7 Å². The topological polar surface area (TPSA) is 84.2 Å². The normalized spacial score (nSPS) is 17.3. The summed E-state index contributed by atoms with van der Waals surface area (Å²) in [6, 6.07) is 5.55. The van der Waals surface area contributed by atoms with Crippen LogP contribution in [0.5, 0.6) is 0 Å². The lowest BCUT2D eigenvalue weighted by Crippen LogP contribution is -2.41. The second-order valence-electron chi connectivity index (χ2n) is 6.88. The summed E-state index contributed by atoms with van der Waals surface area (Å²) in [5.74, 6) is 0.630. The molecule has 1 N–H and O–H groups in total. The molecule has 3 aromatic rings. The standard InChI is InChI=1S/C19H20ClN5O2/c1-11-5-6-14(8-15(11)20)23-18(26)13-4-3-7-25(9-13)17-16-12(2)24-27-19(16)22-10-21-17/h5-6,8,10,13H,3-4,7,9H2,1-2H3,(H,23,26)/t13-/m1/s1. The number of aromatic nitrogens is 3. The number of halogens is 1. The molecule has 1 aliphatic heterocycles. The molecule has 0 bridgehead atoms. The molecule has 0 radical (unpaired) electrons. The Hall–Kier alpha value is -2.67. The molecule has 4 rings (SSSR count). The van der Waals surface area contributed by atoms with Gasteiger partial charge in [0.25, 0.3) is 5.71 Å². The minimum atomic E-state index is -0.135. The molecular weight excluding hydrogens is 366 g/mol. The van der Waals surface area contributed by atoms with Crippen LogP contribution >= 0.6 is 11.6 Å². The largest absolute Gasteiger partial charge is 0.355 e. The average Bonchev–Trinajstić information content (AvgIpc) is 3.06. The zero-order valence-electron chi connectivity index (χ0n) is 15.2. The zero-order chi connectivity index (χ0) is 19.0. The number of nitrogens with one attached hydrogen (secondary N) is 1. The molecule has 7 nitrogen and oxygen atoms in total. The third-order valence-electron chi connectivity index (χ3n) is 4.95. The van der Waals surface area contributed by atoms with Crippen molar-refractivity contribution in [3.8, 4) is 0 Å². The van der Waals surface area contributed by atoms with E-state index in [9.17, 15) is 4.79 Å². The summed E-state index contributed by atoms with van der Waals surface area (Å²) in [5, 5.41) is 8.41. The van der Waals surface area contributed by atoms with Crippen molar-refractivity contribution in [3.05, 3.63) is 40.8 Å². The Kier molecular flexibility index (Phi) is 4.70. The molecule has 1 aromatic carbocycles. The zero-order valence-corrected chi connectivity index (χ0v) is 16.0. The van der Waals surface area contributed by atoms with Gasteiger partial charge in [-0.3, -0.25) is 4.79 Å². The SMILES string of the molecule is Cc1ccc(NC(=O)[C@@H]2CCCN(c3ncnc4onc(C)c34)C2)cc1Cl. The molecule has 0 saturated carbocycles. The predicted octanol–water partition coefficient (Wildman–Crippen LogP) is 3.74. The smallest absolute Gasteiger partial charge is 0.263 e. The minimum Gasteiger partial charge on any atom is -0.355 e. The molecule has 27 heavy (non-hydrogen) atoms. The van der Waals surface area contributed by atoms with Crippen molar-refractivity contribution in [3.63, 3.8) is 0 Å². The molecular formula is C19H20ClN5O2. The number of hydrogen-bond donors (Lipinski definition) is 1. The molecule has 0 unspecified atom stereocenters. The summed E-state index contributed by atoms with van der Waals surface area (Å²) in [7, 11) is 0. The van der Waals surface area contributed by atoms with Crippen LogP contribution in [0.4, 0.5) is 11.5 Å². The van der Waals surface area contributed by atoms with E-state index in [0.717, 1.165) is 41.8 Å². The first kappa shape index (κ1) is 17.7. The van der Waals surface area contributed by atoms with Crippen LogP contribution in [-0.2, 0) is 4.79 Å². The molecule has 0 aliphatic carbocycles. The number of aryl methyl sites for hydroxylation is 2. The molecule has 1 atom stereocenters. The van der Waals surface area contributed by atoms with E-state index in [1.807, 2.05) is 26.0 Å². The van der Waals surface area contributed by atoms with E-state index in [1.165, 1.54) is 6.33 Å². The minimum absolute atomic E-state index is 0.00744. The molecule has 1 saturated heterocycles. The van der Waals surface area contributed by atoms with Crippen LogP contribution < -0.4 is 10.2 Å². The van der Waals surface area contributed by atoms with E-state index >= 15 is 0 Å². The van der Waals surface area contributed by atoms with Crippen LogP contribution in [0.25, 0.3) is 11.1 Å². The monoisotopic (exact) mass is 385 g/mol. The highest BCUT2D eigenvalue weighted by atomic mass is 35.5. The first-order valence-corrected chi connectivity index (χ1v) is 9.29. The number of amides is 1. The quantitative estimate of drug-likeness (QED) is 0.739. The lowest BCUT2D eigenvalue weighted by Gasteiger charge is -2.33. The maximum absolute atomic E-state index is 12.8. The summed E-state index contributed by atoms with van der Waals surface area (Å²) in [4.78, 5) is 23.4. The Morgan fingerprint density at radius 1 is 1.33 bits per heavy atom. The van der Waals surface area contributed by atoms with Crippen molar-refractivity contribution in [2.24, 2.45) is 5.92 Å². The van der Waals surface area contributed by atoms with Gasteiger partial charge in [0.2, 0.25) is 5.91 Å². The van der Waals surface area contributed by atoms with E-state index in [4.69, 9.17) is 16.1 Å². The number of nitrogens with zero attached hydrogens (tertiary/aromatic N) is 4. The second kappa shape index (κ2) is 7.15. The van der Waals surface area contributed by atoms with Crippen molar-refractivity contribution in [1.82, 2.24) is 15.1 Å². The average molecular weight is 386 g/mol. The number of rotatable bonds is 3. The summed E-state index contributed by atoms with van der Waals surface area (Å²) in [5.41, 5.74) is 2.92. The highest BCUT2D eigenvalue weighted by Gasteiger charge is 2.28. The van der Waals surface area contributed by atoms with Gasteiger partial charge in [0.1, 0.15) is 17.5 Å². The molecule has 3 heterocycles. The number of anilines is 2. The summed E-state index contributed by atoms with van der Waals surface area (Å²) < 4.78 is 5.23. The van der Waals surface area contributed by atoms with Gasteiger partial charge in [0, 0.05) is 23.8 Å². The highest BCUT2D eigenvalue weighted by Crippen LogP contribution is 2.30. The van der Waals surface area contributed by atoms with Gasteiger partial charge < -0.3 is 14.7 Å². The Labute approximate surface area is 161 Å². The maximum atomic E-state index is 12.8. The van der Waals surface area contributed by atoms with Gasteiger partial charge in [-0.15, -0.1) is 0 Å². The fraction of sp³-hybridized carbons (Fsp3) is 0.368. The van der Waals surface area contributed by atoms with Crippen molar-refractivity contribution < 1.29 is 9.32 Å². The number of piperidine rings is 1. The summed E-state index contributed by atoms with van der Waals surface area (Å²) >= 11 is 6.16. The van der Waals surface area contributed by atoms with Gasteiger partial charge in [-0.1, -0.05) is 22.8 Å². The molecule has 1 aliphatic rings.